The molecule has 0 aromatic heterocycles. The molecule has 2 aromatic carbocycles. The van der Waals surface area contributed by atoms with Gasteiger partial charge in [0.15, 0.2) is 0 Å². The Morgan fingerprint density at radius 1 is 1.05 bits per heavy atom. The molecular formula is C19H26N2. The highest BCUT2D eigenvalue weighted by Gasteiger charge is 2.05. The number of anilines is 1. The van der Waals surface area contributed by atoms with Crippen molar-refractivity contribution in [1.29, 1.82) is 0 Å². The Kier molecular flexibility index (Phi) is 5.40. The van der Waals surface area contributed by atoms with Gasteiger partial charge in [-0.2, -0.15) is 0 Å². The van der Waals surface area contributed by atoms with Crippen molar-refractivity contribution in [3.05, 3.63) is 65.2 Å². The van der Waals surface area contributed by atoms with Crippen LogP contribution in [0.3, 0.4) is 0 Å². The fourth-order valence-electron chi connectivity index (χ4n) is 2.47. The van der Waals surface area contributed by atoms with Crippen molar-refractivity contribution >= 4 is 5.69 Å². The molecule has 2 nitrogen and oxygen atoms in total. The highest BCUT2D eigenvalue weighted by atomic mass is 15.1. The molecule has 21 heavy (non-hydrogen) atoms. The van der Waals surface area contributed by atoms with Gasteiger partial charge in [0.2, 0.25) is 0 Å². The Balaban J connectivity index is 2.03. The molecule has 0 bridgehead atoms. The van der Waals surface area contributed by atoms with Crippen molar-refractivity contribution in [1.82, 2.24) is 0 Å². The second kappa shape index (κ2) is 7.28. The van der Waals surface area contributed by atoms with Gasteiger partial charge in [0.1, 0.15) is 0 Å². The van der Waals surface area contributed by atoms with E-state index in [-0.39, 0.29) is 6.04 Å². The molecule has 2 heteroatoms. The van der Waals surface area contributed by atoms with Crippen molar-refractivity contribution in [3.8, 4) is 0 Å². The Morgan fingerprint density at radius 3 is 2.33 bits per heavy atom. The minimum absolute atomic E-state index is 0.264. The van der Waals surface area contributed by atoms with Gasteiger partial charge in [0, 0.05) is 25.3 Å². The Labute approximate surface area is 128 Å². The quantitative estimate of drug-likeness (QED) is 0.870. The fourth-order valence-corrected chi connectivity index (χ4v) is 2.47. The van der Waals surface area contributed by atoms with Gasteiger partial charge in [-0.15, -0.1) is 0 Å². The molecule has 2 aromatic rings. The first kappa shape index (κ1) is 15.6. The maximum Gasteiger partial charge on any atom is 0.0428 e. The molecule has 1 atom stereocenters. The Morgan fingerprint density at radius 2 is 1.71 bits per heavy atom. The van der Waals surface area contributed by atoms with Crippen molar-refractivity contribution in [2.24, 2.45) is 5.73 Å². The predicted octanol–water partition coefficient (Wildman–Crippen LogP) is 3.91. The van der Waals surface area contributed by atoms with E-state index < -0.39 is 0 Å². The average molecular weight is 282 g/mol. The van der Waals surface area contributed by atoms with E-state index in [9.17, 15) is 0 Å². The lowest BCUT2D eigenvalue weighted by molar-refractivity contribution is 0.646. The molecule has 0 saturated carbocycles. The van der Waals surface area contributed by atoms with E-state index >= 15 is 0 Å². The zero-order valence-electron chi connectivity index (χ0n) is 13.3. The molecule has 0 saturated heterocycles. The number of benzene rings is 2. The summed E-state index contributed by atoms with van der Waals surface area (Å²) in [4.78, 5) is 2.28. The first-order valence-corrected chi connectivity index (χ1v) is 7.70. The normalized spacial score (nSPS) is 12.2. The smallest absolute Gasteiger partial charge is 0.0428 e. The minimum Gasteiger partial charge on any atom is -0.370 e. The van der Waals surface area contributed by atoms with Gasteiger partial charge in [-0.3, -0.25) is 0 Å². The van der Waals surface area contributed by atoms with Crippen LogP contribution in [0, 0.1) is 6.92 Å². The lowest BCUT2D eigenvalue weighted by atomic mass is 10.0. The molecule has 0 heterocycles. The Hall–Kier alpha value is -1.80. The zero-order valence-corrected chi connectivity index (χ0v) is 13.3. The van der Waals surface area contributed by atoms with Gasteiger partial charge < -0.3 is 10.6 Å². The van der Waals surface area contributed by atoms with Gasteiger partial charge in [-0.25, -0.2) is 0 Å². The molecule has 0 aliphatic rings. The summed E-state index contributed by atoms with van der Waals surface area (Å²) in [5.41, 5.74) is 11.3. The molecule has 0 fully saturated rings. The number of hydrogen-bond donors (Lipinski definition) is 1. The van der Waals surface area contributed by atoms with Crippen LogP contribution < -0.4 is 10.6 Å². The van der Waals surface area contributed by atoms with Crippen LogP contribution in [0.5, 0.6) is 0 Å². The molecule has 0 aliphatic heterocycles. The van der Waals surface area contributed by atoms with Crippen LogP contribution in [0.25, 0.3) is 0 Å². The lowest BCUT2D eigenvalue weighted by Crippen LogP contribution is -2.21. The summed E-state index contributed by atoms with van der Waals surface area (Å²) in [5, 5.41) is 0. The van der Waals surface area contributed by atoms with Gasteiger partial charge in [0.25, 0.3) is 0 Å². The maximum absolute atomic E-state index is 6.01. The summed E-state index contributed by atoms with van der Waals surface area (Å²) in [6.45, 7) is 5.23. The topological polar surface area (TPSA) is 29.3 Å². The molecule has 0 spiro atoms. The number of hydrogen-bond acceptors (Lipinski definition) is 2. The first-order chi connectivity index (χ1) is 10.1. The van der Waals surface area contributed by atoms with E-state index in [4.69, 9.17) is 5.73 Å². The second-order valence-electron chi connectivity index (χ2n) is 5.82. The van der Waals surface area contributed by atoms with Crippen LogP contribution >= 0.6 is 0 Å². The molecule has 0 amide bonds. The summed E-state index contributed by atoms with van der Waals surface area (Å²) < 4.78 is 0. The minimum atomic E-state index is 0.264. The van der Waals surface area contributed by atoms with Gasteiger partial charge in [-0.1, -0.05) is 43.3 Å². The van der Waals surface area contributed by atoms with Gasteiger partial charge >= 0.3 is 0 Å². The fraction of sp³-hybridized carbons (Fsp3) is 0.368. The van der Waals surface area contributed by atoms with E-state index in [1.54, 1.807) is 0 Å². The van der Waals surface area contributed by atoms with Crippen molar-refractivity contribution < 1.29 is 0 Å². The van der Waals surface area contributed by atoms with Crippen LogP contribution in [-0.4, -0.2) is 13.1 Å². The lowest BCUT2D eigenvalue weighted by Gasteiger charge is -2.21. The van der Waals surface area contributed by atoms with E-state index in [1.165, 1.54) is 22.4 Å². The van der Waals surface area contributed by atoms with Crippen molar-refractivity contribution in [2.45, 2.75) is 39.3 Å². The third kappa shape index (κ3) is 4.33. The van der Waals surface area contributed by atoms with Gasteiger partial charge in [0.05, 0.1) is 0 Å². The monoisotopic (exact) mass is 282 g/mol. The van der Waals surface area contributed by atoms with E-state index in [0.29, 0.717) is 0 Å². The molecule has 0 aliphatic carbocycles. The third-order valence-corrected chi connectivity index (χ3v) is 4.07. The van der Waals surface area contributed by atoms with Crippen LogP contribution in [0.1, 0.15) is 30.0 Å². The third-order valence-electron chi connectivity index (χ3n) is 4.07. The van der Waals surface area contributed by atoms with E-state index in [2.05, 4.69) is 74.3 Å². The second-order valence-corrected chi connectivity index (χ2v) is 5.82. The molecule has 2 rings (SSSR count). The number of nitrogens with zero attached hydrogens (tertiary/aromatic N) is 1. The molecular weight excluding hydrogens is 256 g/mol. The SMILES string of the molecule is CCC(N)Cc1ccc(N(C)Cc2ccccc2C)cc1. The van der Waals surface area contributed by atoms with Crippen LogP contribution in [0.15, 0.2) is 48.5 Å². The molecule has 0 radical (unpaired) electrons. The van der Waals surface area contributed by atoms with Crippen LogP contribution in [-0.2, 0) is 13.0 Å². The van der Waals surface area contributed by atoms with Crippen LogP contribution in [0.2, 0.25) is 0 Å². The number of aryl methyl sites for hydroxylation is 1. The van der Waals surface area contributed by atoms with Crippen LogP contribution in [0.4, 0.5) is 5.69 Å². The first-order valence-electron chi connectivity index (χ1n) is 7.70. The summed E-state index contributed by atoms with van der Waals surface area (Å²) >= 11 is 0. The Bertz CT molecular complexity index is 560. The van der Waals surface area contributed by atoms with Crippen molar-refractivity contribution in [3.63, 3.8) is 0 Å². The van der Waals surface area contributed by atoms with Crippen molar-refractivity contribution in [2.75, 3.05) is 11.9 Å². The zero-order chi connectivity index (χ0) is 15.2. The summed E-state index contributed by atoms with van der Waals surface area (Å²) in [5.74, 6) is 0. The predicted molar refractivity (Wildman–Crippen MR) is 91.7 cm³/mol. The van der Waals surface area contributed by atoms with E-state index in [1.807, 2.05) is 0 Å². The number of rotatable bonds is 6. The number of nitrogens with two attached hydrogens (primary N) is 1. The molecule has 112 valence electrons. The summed E-state index contributed by atoms with van der Waals surface area (Å²) in [6, 6.07) is 17.6. The largest absolute Gasteiger partial charge is 0.370 e. The van der Waals surface area contributed by atoms with E-state index in [0.717, 1.165) is 19.4 Å². The summed E-state index contributed by atoms with van der Waals surface area (Å²) in [6.07, 6.45) is 1.98. The molecule has 1 unspecified atom stereocenters. The summed E-state index contributed by atoms with van der Waals surface area (Å²) in [7, 11) is 2.14. The maximum atomic E-state index is 6.01. The highest BCUT2D eigenvalue weighted by molar-refractivity contribution is 5.48. The highest BCUT2D eigenvalue weighted by Crippen LogP contribution is 2.18. The standard InChI is InChI=1S/C19H26N2/c1-4-18(20)13-16-9-11-19(12-10-16)21(3)14-17-8-6-5-7-15(17)2/h5-12,18H,4,13-14,20H2,1-3H3. The van der Waals surface area contributed by atoms with Gasteiger partial charge in [-0.05, 0) is 48.6 Å². The molecule has 2 N–H and O–H groups in total. The average Bonchev–Trinajstić information content (AvgIpc) is 2.50.